The normalized spacial score (nSPS) is 11.4. The number of halogens is 1. The first-order valence-corrected chi connectivity index (χ1v) is 8.73. The highest BCUT2D eigenvalue weighted by molar-refractivity contribution is 9.10. The van der Waals surface area contributed by atoms with E-state index in [9.17, 15) is 0 Å². The maximum absolute atomic E-state index is 5.89. The van der Waals surface area contributed by atoms with E-state index in [0.29, 0.717) is 19.0 Å². The molecule has 3 aromatic rings. The molecule has 6 heteroatoms. The summed E-state index contributed by atoms with van der Waals surface area (Å²) in [4.78, 5) is 8.49. The zero-order valence-corrected chi connectivity index (χ0v) is 15.5. The zero-order chi connectivity index (χ0) is 17.5. The topological polar surface area (TPSA) is 62.5 Å². The van der Waals surface area contributed by atoms with Crippen molar-refractivity contribution in [1.29, 1.82) is 0 Å². The lowest BCUT2D eigenvalue weighted by Gasteiger charge is -2.10. The van der Waals surface area contributed by atoms with Crippen molar-refractivity contribution < 1.29 is 4.42 Å². The number of rotatable bonds is 5. The molecule has 2 N–H and O–H groups in total. The van der Waals surface area contributed by atoms with Crippen molar-refractivity contribution in [2.75, 3.05) is 7.05 Å². The highest BCUT2D eigenvalue weighted by atomic mass is 79.9. The highest BCUT2D eigenvalue weighted by Gasteiger charge is 2.06. The van der Waals surface area contributed by atoms with Crippen LogP contribution in [0.2, 0.25) is 0 Å². The molecule has 0 spiro atoms. The van der Waals surface area contributed by atoms with E-state index in [-0.39, 0.29) is 0 Å². The van der Waals surface area contributed by atoms with Crippen molar-refractivity contribution in [3.8, 4) is 11.3 Å². The van der Waals surface area contributed by atoms with Crippen LogP contribution in [0.4, 0.5) is 0 Å². The van der Waals surface area contributed by atoms with E-state index in [1.54, 1.807) is 13.2 Å². The molecule has 0 aliphatic carbocycles. The summed E-state index contributed by atoms with van der Waals surface area (Å²) in [6, 6.07) is 17.8. The molecule has 0 aliphatic heterocycles. The number of hydrogen-bond acceptors (Lipinski definition) is 3. The monoisotopic (exact) mass is 398 g/mol. The van der Waals surface area contributed by atoms with Gasteiger partial charge in [0.15, 0.2) is 5.96 Å². The standard InChI is InChI=1S/C19H19BrN4O/c1-21-19(23-12-16-4-2-3-11-22-16)24-13-17-9-10-18(25-17)14-5-7-15(20)8-6-14/h2-11H,12-13H2,1H3,(H2,21,23,24). The Morgan fingerprint density at radius 1 is 1.04 bits per heavy atom. The Hall–Kier alpha value is -2.60. The third kappa shape index (κ3) is 4.93. The summed E-state index contributed by atoms with van der Waals surface area (Å²) in [6.07, 6.45) is 1.78. The number of nitrogens with one attached hydrogen (secondary N) is 2. The van der Waals surface area contributed by atoms with Gasteiger partial charge >= 0.3 is 0 Å². The van der Waals surface area contributed by atoms with Crippen LogP contribution in [-0.2, 0) is 13.1 Å². The Balaban J connectivity index is 1.54. The summed E-state index contributed by atoms with van der Waals surface area (Å²) in [5.74, 6) is 2.40. The molecule has 0 radical (unpaired) electrons. The van der Waals surface area contributed by atoms with Gasteiger partial charge in [-0.3, -0.25) is 9.98 Å². The largest absolute Gasteiger partial charge is 0.459 e. The van der Waals surface area contributed by atoms with Crippen molar-refractivity contribution in [2.24, 2.45) is 4.99 Å². The van der Waals surface area contributed by atoms with Crippen LogP contribution in [0.15, 0.2) is 74.7 Å². The van der Waals surface area contributed by atoms with E-state index >= 15 is 0 Å². The number of hydrogen-bond donors (Lipinski definition) is 2. The molecular formula is C19H19BrN4O. The molecule has 5 nitrogen and oxygen atoms in total. The van der Waals surface area contributed by atoms with Gasteiger partial charge in [0.05, 0.1) is 18.8 Å². The Bertz CT molecular complexity index is 828. The van der Waals surface area contributed by atoms with Crippen molar-refractivity contribution >= 4 is 21.9 Å². The van der Waals surface area contributed by atoms with E-state index in [2.05, 4.69) is 36.5 Å². The van der Waals surface area contributed by atoms with Gasteiger partial charge in [0.2, 0.25) is 0 Å². The first-order valence-electron chi connectivity index (χ1n) is 7.93. The second kappa shape index (κ2) is 8.48. The molecular weight excluding hydrogens is 380 g/mol. The van der Waals surface area contributed by atoms with Crippen LogP contribution in [0.5, 0.6) is 0 Å². The third-order valence-corrected chi connectivity index (χ3v) is 4.14. The summed E-state index contributed by atoms with van der Waals surface area (Å²) in [7, 11) is 1.74. The van der Waals surface area contributed by atoms with Crippen LogP contribution >= 0.6 is 15.9 Å². The van der Waals surface area contributed by atoms with Crippen molar-refractivity contribution in [3.63, 3.8) is 0 Å². The predicted molar refractivity (Wildman–Crippen MR) is 103 cm³/mol. The minimum atomic E-state index is 0.554. The lowest BCUT2D eigenvalue weighted by molar-refractivity contribution is 0.513. The smallest absolute Gasteiger partial charge is 0.191 e. The number of pyridine rings is 1. The molecule has 0 fully saturated rings. The molecule has 0 saturated heterocycles. The van der Waals surface area contributed by atoms with Crippen molar-refractivity contribution in [3.05, 3.63) is 76.7 Å². The SMILES string of the molecule is CN=C(NCc1ccccn1)NCc1ccc(-c2ccc(Br)cc2)o1. The second-order valence-corrected chi connectivity index (χ2v) is 6.29. The predicted octanol–water partition coefficient (Wildman–Crippen LogP) is 3.97. The number of aromatic nitrogens is 1. The fourth-order valence-corrected chi connectivity index (χ4v) is 2.57. The molecule has 0 amide bonds. The van der Waals surface area contributed by atoms with Crippen LogP contribution in [0, 0.1) is 0 Å². The maximum Gasteiger partial charge on any atom is 0.191 e. The Morgan fingerprint density at radius 3 is 2.56 bits per heavy atom. The van der Waals surface area contributed by atoms with E-state index < -0.39 is 0 Å². The molecule has 0 bridgehead atoms. The van der Waals surface area contributed by atoms with Crippen LogP contribution in [-0.4, -0.2) is 18.0 Å². The molecule has 0 atom stereocenters. The fourth-order valence-electron chi connectivity index (χ4n) is 2.31. The number of nitrogens with zero attached hydrogens (tertiary/aromatic N) is 2. The summed E-state index contributed by atoms with van der Waals surface area (Å²) in [5, 5.41) is 6.47. The molecule has 0 saturated carbocycles. The van der Waals surface area contributed by atoms with E-state index in [4.69, 9.17) is 4.42 Å². The van der Waals surface area contributed by atoms with Crippen LogP contribution in [0.1, 0.15) is 11.5 Å². The number of benzene rings is 1. The summed E-state index contributed by atoms with van der Waals surface area (Å²) >= 11 is 3.44. The van der Waals surface area contributed by atoms with Crippen molar-refractivity contribution in [2.45, 2.75) is 13.1 Å². The van der Waals surface area contributed by atoms with Crippen LogP contribution < -0.4 is 10.6 Å². The average molecular weight is 399 g/mol. The molecule has 25 heavy (non-hydrogen) atoms. The molecule has 2 aromatic heterocycles. The van der Waals surface area contributed by atoms with Gasteiger partial charge < -0.3 is 15.1 Å². The third-order valence-electron chi connectivity index (χ3n) is 3.61. The molecule has 128 valence electrons. The lowest BCUT2D eigenvalue weighted by atomic mass is 10.2. The quantitative estimate of drug-likeness (QED) is 0.504. The van der Waals surface area contributed by atoms with Crippen LogP contribution in [0.3, 0.4) is 0 Å². The zero-order valence-electron chi connectivity index (χ0n) is 13.9. The van der Waals surface area contributed by atoms with Gasteiger partial charge in [-0.15, -0.1) is 0 Å². The molecule has 1 aromatic carbocycles. The summed E-state index contributed by atoms with van der Waals surface area (Å²) < 4.78 is 6.94. The minimum absolute atomic E-state index is 0.554. The molecule has 2 heterocycles. The van der Waals surface area contributed by atoms with Gasteiger partial charge in [0, 0.05) is 23.3 Å². The molecule has 3 rings (SSSR count). The van der Waals surface area contributed by atoms with Gasteiger partial charge in [-0.1, -0.05) is 34.1 Å². The second-order valence-electron chi connectivity index (χ2n) is 5.37. The first-order chi connectivity index (χ1) is 12.2. The minimum Gasteiger partial charge on any atom is -0.459 e. The van der Waals surface area contributed by atoms with Gasteiger partial charge in [-0.05, 0) is 36.4 Å². The Labute approximate surface area is 155 Å². The van der Waals surface area contributed by atoms with E-state index in [1.165, 1.54) is 0 Å². The first kappa shape index (κ1) is 17.2. The fraction of sp³-hybridized carbons (Fsp3) is 0.158. The van der Waals surface area contributed by atoms with Crippen molar-refractivity contribution in [1.82, 2.24) is 15.6 Å². The summed E-state index contributed by atoms with van der Waals surface area (Å²) in [6.45, 7) is 1.17. The number of furan rings is 1. The highest BCUT2D eigenvalue weighted by Crippen LogP contribution is 2.23. The van der Waals surface area contributed by atoms with Crippen LogP contribution in [0.25, 0.3) is 11.3 Å². The molecule has 0 aliphatic rings. The van der Waals surface area contributed by atoms with Gasteiger partial charge in [-0.2, -0.15) is 0 Å². The van der Waals surface area contributed by atoms with Gasteiger partial charge in [0.1, 0.15) is 11.5 Å². The average Bonchev–Trinajstić information content (AvgIpc) is 3.12. The van der Waals surface area contributed by atoms with Gasteiger partial charge in [0.25, 0.3) is 0 Å². The number of aliphatic imine (C=N–C) groups is 1. The van der Waals surface area contributed by atoms with E-state index in [1.807, 2.05) is 54.6 Å². The maximum atomic E-state index is 5.89. The Morgan fingerprint density at radius 2 is 1.84 bits per heavy atom. The molecule has 0 unspecified atom stereocenters. The van der Waals surface area contributed by atoms with Gasteiger partial charge in [-0.25, -0.2) is 0 Å². The Kier molecular flexibility index (Phi) is 5.85. The lowest BCUT2D eigenvalue weighted by Crippen LogP contribution is -2.36. The van der Waals surface area contributed by atoms with E-state index in [0.717, 1.165) is 27.3 Å². The summed E-state index contributed by atoms with van der Waals surface area (Å²) in [5.41, 5.74) is 2.01. The number of guanidine groups is 1.